The number of hydrogen-bond donors (Lipinski definition) is 2. The third-order valence-corrected chi connectivity index (χ3v) is 7.11. The number of fused-ring (bicyclic) bond motifs is 2. The van der Waals surface area contributed by atoms with Crippen molar-refractivity contribution in [2.24, 2.45) is 11.7 Å². The molecular formula is C27H29FN8. The van der Waals surface area contributed by atoms with E-state index >= 15 is 0 Å². The van der Waals surface area contributed by atoms with Gasteiger partial charge < -0.3 is 11.1 Å². The fourth-order valence-corrected chi connectivity index (χ4v) is 5.11. The topological polar surface area (TPSA) is 89.3 Å². The zero-order valence-corrected chi connectivity index (χ0v) is 20.2. The molecule has 0 saturated carbocycles. The maximum absolute atomic E-state index is 13.6. The van der Waals surface area contributed by atoms with Gasteiger partial charge in [-0.1, -0.05) is 19.1 Å². The van der Waals surface area contributed by atoms with E-state index < -0.39 is 0 Å². The van der Waals surface area contributed by atoms with E-state index in [1.807, 2.05) is 39.8 Å². The highest BCUT2D eigenvalue weighted by Gasteiger charge is 2.24. The number of benzene rings is 2. The molecule has 3 N–H and O–H groups in total. The minimum absolute atomic E-state index is 0.241. The average Bonchev–Trinajstić information content (AvgIpc) is 3.46. The quantitative estimate of drug-likeness (QED) is 0.376. The SMILES string of the molecule is CC1CN(Cc2ccn3ncnc(Nc4ccc5c(cnn5Cc5cccc(F)c5)c4)c23)CCC1N. The van der Waals surface area contributed by atoms with E-state index in [0.717, 1.165) is 59.5 Å². The molecule has 5 aromatic rings. The van der Waals surface area contributed by atoms with Gasteiger partial charge in [-0.15, -0.1) is 0 Å². The van der Waals surface area contributed by atoms with Crippen LogP contribution in [0.1, 0.15) is 24.5 Å². The number of rotatable bonds is 6. The summed E-state index contributed by atoms with van der Waals surface area (Å²) in [7, 11) is 0. The average molecular weight is 485 g/mol. The van der Waals surface area contributed by atoms with Crippen molar-refractivity contribution in [2.75, 3.05) is 18.4 Å². The van der Waals surface area contributed by atoms with Gasteiger partial charge in [0.2, 0.25) is 0 Å². The lowest BCUT2D eigenvalue weighted by atomic mass is 9.94. The second-order valence-electron chi connectivity index (χ2n) is 9.74. The molecule has 1 aliphatic rings. The van der Waals surface area contributed by atoms with E-state index in [1.165, 1.54) is 17.7 Å². The minimum atomic E-state index is -0.241. The van der Waals surface area contributed by atoms with Crippen LogP contribution in [0.5, 0.6) is 0 Å². The molecule has 0 spiro atoms. The summed E-state index contributed by atoms with van der Waals surface area (Å²) in [4.78, 5) is 7.02. The lowest BCUT2D eigenvalue weighted by Gasteiger charge is -2.35. The number of nitrogens with zero attached hydrogens (tertiary/aromatic N) is 6. The molecule has 3 aromatic heterocycles. The minimum Gasteiger partial charge on any atom is -0.338 e. The van der Waals surface area contributed by atoms with Gasteiger partial charge in [-0.05, 0) is 66.4 Å². The van der Waals surface area contributed by atoms with Crippen LogP contribution < -0.4 is 11.1 Å². The molecule has 0 amide bonds. The van der Waals surface area contributed by atoms with Crippen LogP contribution in [0.2, 0.25) is 0 Å². The molecule has 8 nitrogen and oxygen atoms in total. The molecule has 2 aromatic carbocycles. The summed E-state index contributed by atoms with van der Waals surface area (Å²) in [6.07, 6.45) is 6.40. The van der Waals surface area contributed by atoms with Crippen molar-refractivity contribution in [2.45, 2.75) is 32.5 Å². The molecule has 0 bridgehead atoms. The lowest BCUT2D eigenvalue weighted by Crippen LogP contribution is -2.45. The molecule has 0 aliphatic carbocycles. The highest BCUT2D eigenvalue weighted by molar-refractivity contribution is 5.85. The van der Waals surface area contributed by atoms with Crippen molar-refractivity contribution in [3.63, 3.8) is 0 Å². The first kappa shape index (κ1) is 22.6. The molecule has 2 unspecified atom stereocenters. The Labute approximate surface area is 208 Å². The molecular weight excluding hydrogens is 455 g/mol. The van der Waals surface area contributed by atoms with Gasteiger partial charge in [0.25, 0.3) is 0 Å². The predicted octanol–water partition coefficient (Wildman–Crippen LogP) is 4.18. The summed E-state index contributed by atoms with van der Waals surface area (Å²) in [6, 6.07) is 15.1. The normalized spacial score (nSPS) is 18.8. The first-order valence-corrected chi connectivity index (χ1v) is 12.3. The first-order valence-electron chi connectivity index (χ1n) is 12.3. The van der Waals surface area contributed by atoms with Crippen LogP contribution in [0.15, 0.2) is 67.3 Å². The van der Waals surface area contributed by atoms with Crippen LogP contribution in [0.3, 0.4) is 0 Å². The number of nitrogens with two attached hydrogens (primary N) is 1. The Kier molecular flexibility index (Phi) is 5.86. The van der Waals surface area contributed by atoms with Gasteiger partial charge in [-0.25, -0.2) is 13.9 Å². The van der Waals surface area contributed by atoms with Crippen LogP contribution >= 0.6 is 0 Å². The van der Waals surface area contributed by atoms with Crippen LogP contribution in [0.4, 0.5) is 15.9 Å². The van der Waals surface area contributed by atoms with Crippen molar-refractivity contribution in [3.05, 3.63) is 84.2 Å². The Hall–Kier alpha value is -3.82. The second-order valence-corrected chi connectivity index (χ2v) is 9.74. The van der Waals surface area contributed by atoms with E-state index in [4.69, 9.17) is 5.73 Å². The maximum Gasteiger partial charge on any atom is 0.158 e. The number of likely N-dealkylation sites (tertiary alicyclic amines) is 1. The smallest absolute Gasteiger partial charge is 0.158 e. The zero-order valence-electron chi connectivity index (χ0n) is 20.2. The highest BCUT2D eigenvalue weighted by Crippen LogP contribution is 2.27. The summed E-state index contributed by atoms with van der Waals surface area (Å²) in [6.45, 7) is 5.55. The summed E-state index contributed by atoms with van der Waals surface area (Å²) in [5, 5.41) is 13.4. The second kappa shape index (κ2) is 9.33. The molecule has 36 heavy (non-hydrogen) atoms. The van der Waals surface area contributed by atoms with Crippen molar-refractivity contribution >= 4 is 27.9 Å². The third-order valence-electron chi connectivity index (χ3n) is 7.11. The third kappa shape index (κ3) is 4.43. The number of piperidine rings is 1. The molecule has 1 fully saturated rings. The number of aromatic nitrogens is 5. The summed E-state index contributed by atoms with van der Waals surface area (Å²) < 4.78 is 17.3. The van der Waals surface area contributed by atoms with Gasteiger partial charge in [0, 0.05) is 36.4 Å². The van der Waals surface area contributed by atoms with Crippen LogP contribution in [-0.4, -0.2) is 48.4 Å². The van der Waals surface area contributed by atoms with Gasteiger partial charge in [0.1, 0.15) is 17.7 Å². The largest absolute Gasteiger partial charge is 0.338 e. The molecule has 9 heteroatoms. The molecule has 6 rings (SSSR count). The molecule has 1 saturated heterocycles. The van der Waals surface area contributed by atoms with E-state index in [1.54, 1.807) is 12.4 Å². The predicted molar refractivity (Wildman–Crippen MR) is 139 cm³/mol. The molecule has 184 valence electrons. The number of anilines is 2. The van der Waals surface area contributed by atoms with Crippen molar-refractivity contribution < 1.29 is 4.39 Å². The monoisotopic (exact) mass is 484 g/mol. The van der Waals surface area contributed by atoms with Crippen molar-refractivity contribution in [3.8, 4) is 0 Å². The zero-order chi connectivity index (χ0) is 24.6. The maximum atomic E-state index is 13.6. The summed E-state index contributed by atoms with van der Waals surface area (Å²) in [5.41, 5.74) is 11.1. The summed E-state index contributed by atoms with van der Waals surface area (Å²) in [5.74, 6) is 1.00. The number of halogens is 1. The van der Waals surface area contributed by atoms with Crippen LogP contribution in [-0.2, 0) is 13.1 Å². The first-order chi connectivity index (χ1) is 17.5. The van der Waals surface area contributed by atoms with Gasteiger partial charge in [0.15, 0.2) is 5.82 Å². The molecule has 2 atom stereocenters. The van der Waals surface area contributed by atoms with Gasteiger partial charge in [0.05, 0.1) is 18.3 Å². The Balaban J connectivity index is 1.25. The fraction of sp³-hybridized carbons (Fsp3) is 0.296. The lowest BCUT2D eigenvalue weighted by molar-refractivity contribution is 0.158. The molecule has 1 aliphatic heterocycles. The van der Waals surface area contributed by atoms with Gasteiger partial charge >= 0.3 is 0 Å². The highest BCUT2D eigenvalue weighted by atomic mass is 19.1. The number of hydrogen-bond acceptors (Lipinski definition) is 6. The Morgan fingerprint density at radius 1 is 1.11 bits per heavy atom. The van der Waals surface area contributed by atoms with Crippen LogP contribution in [0.25, 0.3) is 16.4 Å². The Bertz CT molecular complexity index is 1520. The molecule has 0 radical (unpaired) electrons. The molecule has 4 heterocycles. The standard InChI is InChI=1S/C27H29FN8/c1-18-14-34(9-8-24(18)29)16-20-7-10-35-26(20)27(30-17-32-35)33-23-5-6-25-21(12-23)13-31-36(25)15-19-3-2-4-22(28)11-19/h2-7,10-13,17-18,24H,8-9,14-16,29H2,1H3,(H,30,32,33). The van der Waals surface area contributed by atoms with E-state index in [0.29, 0.717) is 12.5 Å². The van der Waals surface area contributed by atoms with Crippen LogP contribution in [0, 0.1) is 11.7 Å². The summed E-state index contributed by atoms with van der Waals surface area (Å²) >= 11 is 0. The Morgan fingerprint density at radius 2 is 2.03 bits per heavy atom. The van der Waals surface area contributed by atoms with Gasteiger partial charge in [-0.3, -0.25) is 9.58 Å². The fourth-order valence-electron chi connectivity index (χ4n) is 5.11. The van der Waals surface area contributed by atoms with Gasteiger partial charge in [-0.2, -0.15) is 10.2 Å². The Morgan fingerprint density at radius 3 is 2.89 bits per heavy atom. The van der Waals surface area contributed by atoms with E-state index in [9.17, 15) is 4.39 Å². The van der Waals surface area contributed by atoms with Crippen molar-refractivity contribution in [1.29, 1.82) is 0 Å². The number of nitrogens with one attached hydrogen (secondary N) is 1. The van der Waals surface area contributed by atoms with E-state index in [2.05, 4.69) is 44.5 Å². The van der Waals surface area contributed by atoms with E-state index in [-0.39, 0.29) is 11.9 Å². The van der Waals surface area contributed by atoms with Crippen molar-refractivity contribution in [1.82, 2.24) is 29.3 Å².